The summed E-state index contributed by atoms with van der Waals surface area (Å²) in [5.74, 6) is 0. The molecule has 0 bridgehead atoms. The van der Waals surface area contributed by atoms with Gasteiger partial charge in [-0.2, -0.15) is 0 Å². The number of benzene rings is 2. The minimum Gasteiger partial charge on any atom is -0.378 e. The van der Waals surface area contributed by atoms with Crippen LogP contribution < -0.4 is 4.90 Å². The molecule has 0 unspecified atom stereocenters. The maximum absolute atomic E-state index is 4.41. The lowest BCUT2D eigenvalue weighted by Crippen LogP contribution is -2.08. The molecule has 86 valence electrons. The summed E-state index contributed by atoms with van der Waals surface area (Å²) in [4.78, 5) is 6.49. The third-order valence-corrected chi connectivity index (χ3v) is 2.53. The van der Waals surface area contributed by atoms with Gasteiger partial charge in [0.15, 0.2) is 0 Å². The van der Waals surface area contributed by atoms with Crippen LogP contribution in [0.3, 0.4) is 0 Å². The zero-order valence-electron chi connectivity index (χ0n) is 10.2. The topological polar surface area (TPSA) is 15.6 Å². The summed E-state index contributed by atoms with van der Waals surface area (Å²) in [6.07, 6.45) is 1.88. The number of para-hydroxylation sites is 1. The average Bonchev–Trinajstić information content (AvgIpc) is 2.38. The van der Waals surface area contributed by atoms with Crippen molar-refractivity contribution < 1.29 is 0 Å². The smallest absolute Gasteiger partial charge is 0.0629 e. The van der Waals surface area contributed by atoms with Crippen LogP contribution in [0.1, 0.15) is 5.56 Å². The summed E-state index contributed by atoms with van der Waals surface area (Å²) >= 11 is 0. The molecular formula is C15H16N2. The quantitative estimate of drug-likeness (QED) is 0.728. The second-order valence-electron chi connectivity index (χ2n) is 4.08. The van der Waals surface area contributed by atoms with Gasteiger partial charge in [0.2, 0.25) is 0 Å². The summed E-state index contributed by atoms with van der Waals surface area (Å²) in [6.45, 7) is 0. The van der Waals surface area contributed by atoms with Crippen molar-refractivity contribution in [2.45, 2.75) is 0 Å². The van der Waals surface area contributed by atoms with Gasteiger partial charge in [0.25, 0.3) is 0 Å². The van der Waals surface area contributed by atoms with Crippen LogP contribution in [0.2, 0.25) is 0 Å². The average molecular weight is 224 g/mol. The van der Waals surface area contributed by atoms with Gasteiger partial charge in [0, 0.05) is 26.0 Å². The maximum Gasteiger partial charge on any atom is 0.0629 e. The first-order valence-electron chi connectivity index (χ1n) is 5.62. The highest BCUT2D eigenvalue weighted by Crippen LogP contribution is 2.13. The summed E-state index contributed by atoms with van der Waals surface area (Å²) in [6, 6.07) is 18.3. The molecule has 0 atom stereocenters. The molecule has 0 radical (unpaired) electrons. The van der Waals surface area contributed by atoms with E-state index in [2.05, 4.69) is 34.2 Å². The van der Waals surface area contributed by atoms with E-state index in [9.17, 15) is 0 Å². The van der Waals surface area contributed by atoms with Gasteiger partial charge in [-0.05, 0) is 29.8 Å². The highest BCUT2D eigenvalue weighted by molar-refractivity contribution is 5.82. The number of anilines is 1. The Bertz CT molecular complexity index is 484. The monoisotopic (exact) mass is 224 g/mol. The summed E-state index contributed by atoms with van der Waals surface area (Å²) in [7, 11) is 4.07. The fraction of sp³-hybridized carbons (Fsp3) is 0.133. The Labute approximate surface area is 102 Å². The van der Waals surface area contributed by atoms with E-state index in [4.69, 9.17) is 0 Å². The first kappa shape index (κ1) is 11.4. The van der Waals surface area contributed by atoms with Crippen LogP contribution >= 0.6 is 0 Å². The first-order chi connectivity index (χ1) is 8.25. The molecule has 0 saturated carbocycles. The number of nitrogens with zero attached hydrogens (tertiary/aromatic N) is 2. The molecule has 17 heavy (non-hydrogen) atoms. The van der Waals surface area contributed by atoms with Crippen LogP contribution in [-0.2, 0) is 0 Å². The van der Waals surface area contributed by atoms with Crippen molar-refractivity contribution in [1.82, 2.24) is 0 Å². The molecule has 2 aromatic carbocycles. The molecule has 2 aromatic rings. The molecule has 0 aliphatic carbocycles. The second-order valence-corrected chi connectivity index (χ2v) is 4.08. The van der Waals surface area contributed by atoms with Crippen molar-refractivity contribution in [2.75, 3.05) is 19.0 Å². The van der Waals surface area contributed by atoms with Crippen molar-refractivity contribution in [1.29, 1.82) is 0 Å². The molecule has 0 spiro atoms. The highest BCUT2D eigenvalue weighted by Gasteiger charge is 1.93. The molecule has 0 saturated heterocycles. The molecule has 0 fully saturated rings. The van der Waals surface area contributed by atoms with Crippen molar-refractivity contribution in [3.8, 4) is 0 Å². The third kappa shape index (κ3) is 3.18. The number of rotatable bonds is 3. The van der Waals surface area contributed by atoms with Crippen LogP contribution in [0.25, 0.3) is 0 Å². The van der Waals surface area contributed by atoms with E-state index in [-0.39, 0.29) is 0 Å². The Morgan fingerprint density at radius 2 is 1.53 bits per heavy atom. The minimum atomic E-state index is 0.976. The van der Waals surface area contributed by atoms with Gasteiger partial charge in [-0.15, -0.1) is 0 Å². The number of hydrogen-bond donors (Lipinski definition) is 0. The van der Waals surface area contributed by atoms with Crippen molar-refractivity contribution >= 4 is 17.6 Å². The largest absolute Gasteiger partial charge is 0.378 e. The highest BCUT2D eigenvalue weighted by atomic mass is 15.1. The van der Waals surface area contributed by atoms with Gasteiger partial charge in [0.05, 0.1) is 5.69 Å². The van der Waals surface area contributed by atoms with E-state index in [1.807, 2.05) is 50.6 Å². The van der Waals surface area contributed by atoms with E-state index < -0.39 is 0 Å². The van der Waals surface area contributed by atoms with E-state index >= 15 is 0 Å². The Kier molecular flexibility index (Phi) is 3.55. The van der Waals surface area contributed by atoms with Crippen molar-refractivity contribution in [3.63, 3.8) is 0 Å². The predicted octanol–water partition coefficient (Wildman–Crippen LogP) is 3.50. The fourth-order valence-electron chi connectivity index (χ4n) is 1.52. The van der Waals surface area contributed by atoms with Crippen LogP contribution in [0.4, 0.5) is 11.4 Å². The zero-order chi connectivity index (χ0) is 12.1. The zero-order valence-corrected chi connectivity index (χ0v) is 10.2. The van der Waals surface area contributed by atoms with Gasteiger partial charge in [-0.3, -0.25) is 4.99 Å². The lowest BCUT2D eigenvalue weighted by atomic mass is 10.2. The van der Waals surface area contributed by atoms with Gasteiger partial charge in [0.1, 0.15) is 0 Å². The van der Waals surface area contributed by atoms with Gasteiger partial charge in [-0.1, -0.05) is 30.3 Å². The SMILES string of the molecule is CN(C)c1ccc(/C=N/c2ccccc2)cc1. The molecule has 0 aliphatic rings. The van der Waals surface area contributed by atoms with Crippen LogP contribution in [0.5, 0.6) is 0 Å². The molecule has 0 heterocycles. The first-order valence-corrected chi connectivity index (χ1v) is 5.62. The van der Waals surface area contributed by atoms with Crippen LogP contribution in [0, 0.1) is 0 Å². The Balaban J connectivity index is 2.12. The van der Waals surface area contributed by atoms with Crippen molar-refractivity contribution in [2.24, 2.45) is 4.99 Å². The van der Waals surface area contributed by atoms with E-state index in [0.29, 0.717) is 0 Å². The van der Waals surface area contributed by atoms with E-state index in [0.717, 1.165) is 11.3 Å². The lowest BCUT2D eigenvalue weighted by molar-refractivity contribution is 1.13. The minimum absolute atomic E-state index is 0.976. The summed E-state index contributed by atoms with van der Waals surface area (Å²) < 4.78 is 0. The van der Waals surface area contributed by atoms with Gasteiger partial charge in [-0.25, -0.2) is 0 Å². The van der Waals surface area contributed by atoms with Gasteiger partial charge >= 0.3 is 0 Å². The summed E-state index contributed by atoms with van der Waals surface area (Å²) in [5.41, 5.74) is 3.28. The Hall–Kier alpha value is -2.09. The molecule has 0 N–H and O–H groups in total. The normalized spacial score (nSPS) is 10.7. The molecule has 2 heteroatoms. The summed E-state index contributed by atoms with van der Waals surface area (Å²) in [5, 5.41) is 0. The van der Waals surface area contributed by atoms with E-state index in [1.165, 1.54) is 5.69 Å². The molecule has 0 amide bonds. The Morgan fingerprint density at radius 1 is 0.882 bits per heavy atom. The maximum atomic E-state index is 4.41. The van der Waals surface area contributed by atoms with Crippen LogP contribution in [-0.4, -0.2) is 20.3 Å². The molecule has 2 rings (SSSR count). The lowest BCUT2D eigenvalue weighted by Gasteiger charge is -2.11. The predicted molar refractivity (Wildman–Crippen MR) is 74.5 cm³/mol. The molecular weight excluding hydrogens is 208 g/mol. The third-order valence-electron chi connectivity index (χ3n) is 2.53. The van der Waals surface area contributed by atoms with Gasteiger partial charge < -0.3 is 4.90 Å². The molecule has 0 aromatic heterocycles. The molecule has 0 aliphatic heterocycles. The number of aliphatic imine (C=N–C) groups is 1. The van der Waals surface area contributed by atoms with Crippen molar-refractivity contribution in [3.05, 3.63) is 60.2 Å². The van der Waals surface area contributed by atoms with E-state index in [1.54, 1.807) is 0 Å². The molecule has 2 nitrogen and oxygen atoms in total. The standard InChI is InChI=1S/C15H16N2/c1-17(2)15-10-8-13(9-11-15)12-16-14-6-4-3-5-7-14/h3-12H,1-2H3/b16-12+. The number of hydrogen-bond acceptors (Lipinski definition) is 2. The Morgan fingerprint density at radius 3 is 2.12 bits per heavy atom. The second kappa shape index (κ2) is 5.30. The fourth-order valence-corrected chi connectivity index (χ4v) is 1.52. The van der Waals surface area contributed by atoms with Crippen LogP contribution in [0.15, 0.2) is 59.6 Å².